The van der Waals surface area contributed by atoms with Crippen LogP contribution in [0.2, 0.25) is 0 Å². The number of nitrogens with one attached hydrogen (secondary N) is 1. The summed E-state index contributed by atoms with van der Waals surface area (Å²) >= 11 is 0. The van der Waals surface area contributed by atoms with E-state index in [1.807, 2.05) is 6.92 Å². The Morgan fingerprint density at radius 1 is 1.33 bits per heavy atom. The van der Waals surface area contributed by atoms with Gasteiger partial charge in [-0.1, -0.05) is 13.8 Å². The van der Waals surface area contributed by atoms with E-state index in [4.69, 9.17) is 4.55 Å². The fraction of sp³-hybridized carbons (Fsp3) is 0.929. The second-order valence-corrected chi connectivity index (χ2v) is 8.65. The van der Waals surface area contributed by atoms with Crippen LogP contribution in [0.4, 0.5) is 0 Å². The van der Waals surface area contributed by atoms with Crippen molar-refractivity contribution in [2.24, 2.45) is 23.2 Å². The molecule has 2 aliphatic rings. The van der Waals surface area contributed by atoms with Crippen molar-refractivity contribution in [2.45, 2.75) is 45.6 Å². The highest BCUT2D eigenvalue weighted by molar-refractivity contribution is 7.85. The second kappa shape index (κ2) is 5.85. The minimum Gasteiger partial charge on any atom is -0.393 e. The number of carbonyl (C=O) groups is 1. The number of hydrogen-bond donors (Lipinski definition) is 3. The van der Waals surface area contributed by atoms with E-state index < -0.39 is 21.3 Å². The van der Waals surface area contributed by atoms with Crippen LogP contribution in [-0.2, 0) is 14.9 Å². The molecule has 0 saturated heterocycles. The summed E-state index contributed by atoms with van der Waals surface area (Å²) in [5, 5.41) is 12.8. The highest BCUT2D eigenvalue weighted by atomic mass is 32.2. The van der Waals surface area contributed by atoms with E-state index in [0.717, 1.165) is 19.3 Å². The maximum atomic E-state index is 12.4. The lowest BCUT2D eigenvalue weighted by molar-refractivity contribution is -0.138. The number of amides is 1. The lowest BCUT2D eigenvalue weighted by atomic mass is 9.58. The maximum absolute atomic E-state index is 12.4. The summed E-state index contributed by atoms with van der Waals surface area (Å²) < 4.78 is 30.0. The van der Waals surface area contributed by atoms with Crippen LogP contribution in [0, 0.1) is 23.2 Å². The Labute approximate surface area is 126 Å². The van der Waals surface area contributed by atoms with Crippen molar-refractivity contribution >= 4 is 16.0 Å². The first-order valence-corrected chi connectivity index (χ1v) is 9.13. The summed E-state index contributed by atoms with van der Waals surface area (Å²) in [5.74, 6) is 0.217. The molecule has 21 heavy (non-hydrogen) atoms. The molecule has 2 rings (SSSR count). The first-order chi connectivity index (χ1) is 9.61. The molecule has 2 aliphatic carbocycles. The molecule has 2 saturated carbocycles. The Morgan fingerprint density at radius 2 is 2.00 bits per heavy atom. The Balaban J connectivity index is 1.97. The van der Waals surface area contributed by atoms with Gasteiger partial charge in [-0.05, 0) is 43.4 Å². The van der Waals surface area contributed by atoms with Gasteiger partial charge in [0.1, 0.15) is 0 Å². The predicted octanol–water partition coefficient (Wildman–Crippen LogP) is 0.814. The zero-order chi connectivity index (χ0) is 15.8. The van der Waals surface area contributed by atoms with E-state index in [1.54, 1.807) is 0 Å². The number of fused-ring (bicyclic) bond motifs is 2. The van der Waals surface area contributed by atoms with Crippen molar-refractivity contribution in [3.05, 3.63) is 0 Å². The van der Waals surface area contributed by atoms with E-state index >= 15 is 0 Å². The summed E-state index contributed by atoms with van der Waals surface area (Å²) in [5.41, 5.74) is -0.562. The standard InChI is InChI=1S/C14H25NO5S/c1-9-5-10-6-11(12(9)16)8-14(2,7-10)13(17)15-3-4-21(18,19)20/h9-12,16H,3-8H2,1-2H3,(H,15,17)(H,18,19,20). The van der Waals surface area contributed by atoms with Crippen LogP contribution in [0.15, 0.2) is 0 Å². The summed E-state index contributed by atoms with van der Waals surface area (Å²) in [4.78, 5) is 12.4. The van der Waals surface area contributed by atoms with Gasteiger partial charge in [-0.2, -0.15) is 8.42 Å². The third-order valence-electron chi connectivity index (χ3n) is 5.05. The number of carbonyl (C=O) groups excluding carboxylic acids is 1. The largest absolute Gasteiger partial charge is 0.393 e. The van der Waals surface area contributed by atoms with Gasteiger partial charge in [-0.15, -0.1) is 0 Å². The minimum absolute atomic E-state index is 0.0818. The molecule has 2 bridgehead atoms. The molecule has 0 spiro atoms. The number of rotatable bonds is 4. The van der Waals surface area contributed by atoms with Gasteiger partial charge in [0.25, 0.3) is 10.1 Å². The van der Waals surface area contributed by atoms with Crippen molar-refractivity contribution in [1.29, 1.82) is 0 Å². The van der Waals surface area contributed by atoms with Crippen molar-refractivity contribution in [3.8, 4) is 0 Å². The fourth-order valence-corrected chi connectivity index (χ4v) is 4.52. The molecule has 6 nitrogen and oxygen atoms in total. The van der Waals surface area contributed by atoms with E-state index in [9.17, 15) is 18.3 Å². The summed E-state index contributed by atoms with van der Waals surface area (Å²) in [7, 11) is -4.06. The summed E-state index contributed by atoms with van der Waals surface area (Å²) in [6.45, 7) is 3.86. The molecule has 2 fully saturated rings. The van der Waals surface area contributed by atoms with Gasteiger partial charge >= 0.3 is 0 Å². The first-order valence-electron chi connectivity index (χ1n) is 7.52. The van der Waals surface area contributed by atoms with Crippen LogP contribution in [0.25, 0.3) is 0 Å². The van der Waals surface area contributed by atoms with E-state index in [2.05, 4.69) is 12.2 Å². The van der Waals surface area contributed by atoms with Gasteiger partial charge in [0.05, 0.1) is 11.9 Å². The van der Waals surface area contributed by atoms with Gasteiger partial charge < -0.3 is 10.4 Å². The molecule has 0 aromatic heterocycles. The molecular formula is C14H25NO5S. The zero-order valence-corrected chi connectivity index (χ0v) is 13.4. The van der Waals surface area contributed by atoms with Gasteiger partial charge in [0.2, 0.25) is 5.91 Å². The van der Waals surface area contributed by atoms with Crippen LogP contribution in [-0.4, -0.2) is 42.4 Å². The van der Waals surface area contributed by atoms with Crippen molar-refractivity contribution in [2.75, 3.05) is 12.3 Å². The topological polar surface area (TPSA) is 104 Å². The van der Waals surface area contributed by atoms with Crippen LogP contribution < -0.4 is 5.32 Å². The van der Waals surface area contributed by atoms with Crippen molar-refractivity contribution < 1.29 is 22.9 Å². The fourth-order valence-electron chi connectivity index (χ4n) is 4.16. The van der Waals surface area contributed by atoms with E-state index in [1.165, 1.54) is 0 Å². The Hall–Kier alpha value is -0.660. The molecule has 5 unspecified atom stereocenters. The van der Waals surface area contributed by atoms with Crippen molar-refractivity contribution in [3.63, 3.8) is 0 Å². The molecule has 0 radical (unpaired) electrons. The van der Waals surface area contributed by atoms with Crippen LogP contribution in [0.1, 0.15) is 39.5 Å². The molecule has 1 amide bonds. The molecule has 7 heteroatoms. The smallest absolute Gasteiger partial charge is 0.266 e. The first kappa shape index (κ1) is 16.7. The summed E-state index contributed by atoms with van der Waals surface area (Å²) in [6.07, 6.45) is 2.96. The average molecular weight is 319 g/mol. The maximum Gasteiger partial charge on any atom is 0.266 e. The molecule has 0 aromatic carbocycles. The van der Waals surface area contributed by atoms with Gasteiger partial charge in [-0.25, -0.2) is 0 Å². The molecule has 0 heterocycles. The SMILES string of the molecule is CC1CC2CC(CC(C)(C(=O)NCCS(=O)(=O)O)C2)C1O. The lowest BCUT2D eigenvalue weighted by Crippen LogP contribution is -2.50. The predicted molar refractivity (Wildman–Crippen MR) is 78.2 cm³/mol. The Morgan fingerprint density at radius 3 is 2.62 bits per heavy atom. The third kappa shape index (κ3) is 3.96. The van der Waals surface area contributed by atoms with E-state index in [-0.39, 0.29) is 30.4 Å². The highest BCUT2D eigenvalue weighted by Gasteiger charge is 2.48. The Bertz CT molecular complexity index is 503. The quantitative estimate of drug-likeness (QED) is 0.665. The monoisotopic (exact) mass is 319 g/mol. The van der Waals surface area contributed by atoms with Gasteiger partial charge in [-0.3, -0.25) is 9.35 Å². The molecule has 122 valence electrons. The molecule has 3 N–H and O–H groups in total. The molecular weight excluding hydrogens is 294 g/mol. The number of aliphatic hydroxyl groups is 1. The van der Waals surface area contributed by atoms with Crippen LogP contribution in [0.3, 0.4) is 0 Å². The molecule has 0 aromatic rings. The molecule has 5 atom stereocenters. The van der Waals surface area contributed by atoms with E-state index in [0.29, 0.717) is 12.3 Å². The van der Waals surface area contributed by atoms with Gasteiger partial charge in [0.15, 0.2) is 0 Å². The number of hydrogen-bond acceptors (Lipinski definition) is 4. The van der Waals surface area contributed by atoms with Crippen LogP contribution in [0.5, 0.6) is 0 Å². The third-order valence-corrected chi connectivity index (χ3v) is 5.77. The van der Waals surface area contributed by atoms with Gasteiger partial charge in [0, 0.05) is 12.0 Å². The van der Waals surface area contributed by atoms with Crippen molar-refractivity contribution in [1.82, 2.24) is 5.32 Å². The lowest BCUT2D eigenvalue weighted by Gasteiger charge is -2.48. The van der Waals surface area contributed by atoms with Crippen LogP contribution >= 0.6 is 0 Å². The number of aliphatic hydroxyl groups excluding tert-OH is 1. The Kier molecular flexibility index (Phi) is 4.66. The minimum atomic E-state index is -4.06. The normalized spacial score (nSPS) is 39.8. The molecule has 0 aliphatic heterocycles. The second-order valence-electron chi connectivity index (χ2n) is 7.08. The highest BCUT2D eigenvalue weighted by Crippen LogP contribution is 2.50. The average Bonchev–Trinajstić information content (AvgIpc) is 2.34. The summed E-state index contributed by atoms with van der Waals surface area (Å²) in [6, 6.07) is 0. The zero-order valence-electron chi connectivity index (χ0n) is 12.6.